The molecule has 0 aliphatic carbocycles. The van der Waals surface area contributed by atoms with Gasteiger partial charge < -0.3 is 19.5 Å². The normalized spacial score (nSPS) is 16.5. The van der Waals surface area contributed by atoms with Crippen LogP contribution in [0, 0.1) is 0 Å². The topological polar surface area (TPSA) is 80.5 Å². The van der Waals surface area contributed by atoms with E-state index in [-0.39, 0.29) is 11.9 Å². The van der Waals surface area contributed by atoms with Crippen LogP contribution >= 0.6 is 11.6 Å². The number of methoxy groups -OCH3 is 1. The molecule has 4 rings (SSSR count). The smallest absolute Gasteiger partial charge is 0.321 e. The molecule has 2 heterocycles. The molecule has 0 saturated carbocycles. The van der Waals surface area contributed by atoms with Gasteiger partial charge in [0.25, 0.3) is 0 Å². The van der Waals surface area contributed by atoms with Crippen molar-refractivity contribution in [3.63, 3.8) is 0 Å². The van der Waals surface area contributed by atoms with E-state index >= 15 is 0 Å². The Bertz CT molecular complexity index is 972. The van der Waals surface area contributed by atoms with E-state index in [0.717, 1.165) is 24.2 Å². The lowest BCUT2D eigenvalue weighted by Crippen LogP contribution is -2.41. The second kappa shape index (κ2) is 8.53. The molecule has 0 unspecified atom stereocenters. The zero-order chi connectivity index (χ0) is 20.2. The first-order valence-electron chi connectivity index (χ1n) is 9.42. The summed E-state index contributed by atoms with van der Waals surface area (Å²) in [4.78, 5) is 19.0. The fraction of sp³-hybridized carbons (Fsp3) is 0.286. The minimum absolute atomic E-state index is 0.0132. The number of nitrogens with one attached hydrogen (secondary N) is 1. The molecule has 1 aromatic heterocycles. The van der Waals surface area contributed by atoms with Gasteiger partial charge in [-0.05, 0) is 61.4 Å². The van der Waals surface area contributed by atoms with E-state index < -0.39 is 0 Å². The Morgan fingerprint density at radius 3 is 2.69 bits per heavy atom. The molecule has 150 valence electrons. The van der Waals surface area contributed by atoms with Crippen molar-refractivity contribution in [1.82, 2.24) is 15.0 Å². The standard InChI is InChI=1S/C21H21ClN4O3/c1-28-18-10-4-14(5-11-18)19-24-20(29-25-19)15-3-2-12-26(13-15)21(27)23-17-8-6-16(22)7-9-17/h4-11,15H,2-3,12-13H2,1H3,(H,23,27)/t15-/m1/s1. The van der Waals surface area contributed by atoms with Crippen LogP contribution in [0.2, 0.25) is 5.02 Å². The van der Waals surface area contributed by atoms with Crippen molar-refractivity contribution in [2.75, 3.05) is 25.5 Å². The minimum Gasteiger partial charge on any atom is -0.497 e. The lowest BCUT2D eigenvalue weighted by Gasteiger charge is -2.31. The van der Waals surface area contributed by atoms with Crippen LogP contribution < -0.4 is 10.1 Å². The second-order valence-electron chi connectivity index (χ2n) is 6.91. The van der Waals surface area contributed by atoms with E-state index in [4.69, 9.17) is 20.9 Å². The third-order valence-electron chi connectivity index (χ3n) is 4.94. The molecule has 1 atom stereocenters. The maximum atomic E-state index is 12.6. The van der Waals surface area contributed by atoms with Gasteiger partial charge in [0.1, 0.15) is 5.75 Å². The molecule has 1 saturated heterocycles. The average Bonchev–Trinajstić information content (AvgIpc) is 3.26. The van der Waals surface area contributed by atoms with Gasteiger partial charge in [0.15, 0.2) is 0 Å². The number of likely N-dealkylation sites (tertiary alicyclic amines) is 1. The number of hydrogen-bond acceptors (Lipinski definition) is 5. The Hall–Kier alpha value is -3.06. The molecule has 0 spiro atoms. The summed E-state index contributed by atoms with van der Waals surface area (Å²) in [7, 11) is 1.62. The molecular weight excluding hydrogens is 392 g/mol. The van der Waals surface area contributed by atoms with Gasteiger partial charge in [-0.25, -0.2) is 4.79 Å². The summed E-state index contributed by atoms with van der Waals surface area (Å²) in [5.41, 5.74) is 1.56. The van der Waals surface area contributed by atoms with Gasteiger partial charge in [0, 0.05) is 29.4 Å². The molecule has 8 heteroatoms. The number of anilines is 1. The van der Waals surface area contributed by atoms with Crippen molar-refractivity contribution in [2.45, 2.75) is 18.8 Å². The predicted molar refractivity (Wildman–Crippen MR) is 110 cm³/mol. The van der Waals surface area contributed by atoms with E-state index in [1.54, 1.807) is 36.3 Å². The molecule has 29 heavy (non-hydrogen) atoms. The average molecular weight is 413 g/mol. The van der Waals surface area contributed by atoms with Gasteiger partial charge in [-0.15, -0.1) is 0 Å². The Morgan fingerprint density at radius 1 is 1.21 bits per heavy atom. The van der Waals surface area contributed by atoms with Crippen LogP contribution in [0.5, 0.6) is 5.75 Å². The Morgan fingerprint density at radius 2 is 1.97 bits per heavy atom. The summed E-state index contributed by atoms with van der Waals surface area (Å²) < 4.78 is 10.7. The van der Waals surface area contributed by atoms with E-state index in [2.05, 4.69) is 15.5 Å². The number of carbonyl (C=O) groups excluding carboxylic acids is 1. The number of rotatable bonds is 4. The maximum Gasteiger partial charge on any atom is 0.321 e. The van der Waals surface area contributed by atoms with Crippen molar-refractivity contribution in [2.24, 2.45) is 0 Å². The second-order valence-corrected chi connectivity index (χ2v) is 7.34. The number of hydrogen-bond donors (Lipinski definition) is 1. The van der Waals surface area contributed by atoms with Crippen molar-refractivity contribution in [3.05, 3.63) is 59.4 Å². The highest BCUT2D eigenvalue weighted by molar-refractivity contribution is 6.30. The van der Waals surface area contributed by atoms with Gasteiger partial charge in [0.2, 0.25) is 11.7 Å². The van der Waals surface area contributed by atoms with Crippen molar-refractivity contribution >= 4 is 23.3 Å². The lowest BCUT2D eigenvalue weighted by molar-refractivity contribution is 0.184. The number of urea groups is 1. The van der Waals surface area contributed by atoms with Crippen LogP contribution in [-0.2, 0) is 0 Å². The summed E-state index contributed by atoms with van der Waals surface area (Å²) in [6, 6.07) is 14.4. The maximum absolute atomic E-state index is 12.6. The predicted octanol–water partition coefficient (Wildman–Crippen LogP) is 4.81. The Balaban J connectivity index is 1.42. The van der Waals surface area contributed by atoms with Crippen LogP contribution in [0.25, 0.3) is 11.4 Å². The molecule has 1 aliphatic heterocycles. The molecule has 1 fully saturated rings. The van der Waals surface area contributed by atoms with E-state index in [0.29, 0.717) is 35.5 Å². The molecule has 1 aliphatic rings. The number of ether oxygens (including phenoxy) is 1. The van der Waals surface area contributed by atoms with Gasteiger partial charge in [-0.1, -0.05) is 16.8 Å². The lowest BCUT2D eigenvalue weighted by atomic mass is 9.98. The van der Waals surface area contributed by atoms with Gasteiger partial charge >= 0.3 is 6.03 Å². The van der Waals surface area contributed by atoms with Crippen molar-refractivity contribution in [3.8, 4) is 17.1 Å². The van der Waals surface area contributed by atoms with Gasteiger partial charge in [-0.2, -0.15) is 4.98 Å². The van der Waals surface area contributed by atoms with E-state index in [1.165, 1.54) is 0 Å². The quantitative estimate of drug-likeness (QED) is 0.665. The van der Waals surface area contributed by atoms with Crippen LogP contribution in [-0.4, -0.2) is 41.3 Å². The molecule has 2 aromatic carbocycles. The van der Waals surface area contributed by atoms with Crippen LogP contribution in [0.1, 0.15) is 24.7 Å². The first-order chi connectivity index (χ1) is 14.1. The monoisotopic (exact) mass is 412 g/mol. The van der Waals surface area contributed by atoms with Crippen molar-refractivity contribution < 1.29 is 14.1 Å². The Kier molecular flexibility index (Phi) is 5.67. The highest BCUT2D eigenvalue weighted by atomic mass is 35.5. The van der Waals surface area contributed by atoms with E-state index in [1.807, 2.05) is 24.3 Å². The van der Waals surface area contributed by atoms with Gasteiger partial charge in [0.05, 0.1) is 13.0 Å². The first-order valence-corrected chi connectivity index (χ1v) is 9.79. The number of nitrogens with zero attached hydrogens (tertiary/aromatic N) is 3. The summed E-state index contributed by atoms with van der Waals surface area (Å²) in [5.74, 6) is 1.87. The molecule has 0 bridgehead atoms. The van der Waals surface area contributed by atoms with Crippen molar-refractivity contribution in [1.29, 1.82) is 0 Å². The van der Waals surface area contributed by atoms with Gasteiger partial charge in [-0.3, -0.25) is 0 Å². The number of halogens is 1. The number of benzene rings is 2. The Labute approximate surface area is 173 Å². The number of aromatic nitrogens is 2. The molecule has 3 aromatic rings. The minimum atomic E-state index is -0.146. The third-order valence-corrected chi connectivity index (χ3v) is 5.20. The highest BCUT2D eigenvalue weighted by Crippen LogP contribution is 2.28. The van der Waals surface area contributed by atoms with Crippen LogP contribution in [0.3, 0.4) is 0 Å². The molecule has 2 amide bonds. The van der Waals surface area contributed by atoms with Crippen LogP contribution in [0.15, 0.2) is 53.1 Å². The van der Waals surface area contributed by atoms with Crippen LogP contribution in [0.4, 0.5) is 10.5 Å². The summed E-state index contributed by atoms with van der Waals surface area (Å²) >= 11 is 5.89. The number of carbonyl (C=O) groups is 1. The zero-order valence-corrected chi connectivity index (χ0v) is 16.7. The molecule has 7 nitrogen and oxygen atoms in total. The number of amides is 2. The largest absolute Gasteiger partial charge is 0.497 e. The molecule has 0 radical (unpaired) electrons. The molecule has 1 N–H and O–H groups in total. The zero-order valence-electron chi connectivity index (χ0n) is 16.0. The highest BCUT2D eigenvalue weighted by Gasteiger charge is 2.28. The fourth-order valence-electron chi connectivity index (χ4n) is 3.36. The fourth-order valence-corrected chi connectivity index (χ4v) is 3.48. The third kappa shape index (κ3) is 4.51. The first kappa shape index (κ1) is 19.3. The number of piperidine rings is 1. The SMILES string of the molecule is COc1ccc(-c2noc([C@@H]3CCCN(C(=O)Nc4ccc(Cl)cc4)C3)n2)cc1. The molecular formula is C21H21ClN4O3. The summed E-state index contributed by atoms with van der Waals surface area (Å²) in [5, 5.41) is 7.64. The summed E-state index contributed by atoms with van der Waals surface area (Å²) in [6.07, 6.45) is 1.77. The summed E-state index contributed by atoms with van der Waals surface area (Å²) in [6.45, 7) is 1.22. The van der Waals surface area contributed by atoms with E-state index in [9.17, 15) is 4.79 Å².